The molecular weight excluding hydrogens is 468 g/mol. The van der Waals surface area contributed by atoms with Crippen LogP contribution in [0.5, 0.6) is 0 Å². The van der Waals surface area contributed by atoms with Crippen molar-refractivity contribution >= 4 is 27.5 Å². The third-order valence-corrected chi connectivity index (χ3v) is 4.45. The second-order valence-electron chi connectivity index (χ2n) is 5.99. The molecule has 0 spiro atoms. The molecule has 29 heavy (non-hydrogen) atoms. The first-order valence-electron chi connectivity index (χ1n) is 8.17. The van der Waals surface area contributed by atoms with Crippen molar-refractivity contribution in [2.75, 3.05) is 0 Å². The Bertz CT molecular complexity index is 798. The van der Waals surface area contributed by atoms with Crippen molar-refractivity contribution in [2.45, 2.75) is 32.6 Å². The summed E-state index contributed by atoms with van der Waals surface area (Å²) in [6.07, 6.45) is -7.38. The number of carbonyl (C=O) groups is 1. The molecule has 0 saturated carbocycles. The summed E-state index contributed by atoms with van der Waals surface area (Å²) in [6, 6.07) is 1.26. The van der Waals surface area contributed by atoms with Crippen LogP contribution in [-0.2, 0) is 17.1 Å². The van der Waals surface area contributed by atoms with E-state index in [9.17, 15) is 31.1 Å². The number of alkyl halides is 6. The van der Waals surface area contributed by atoms with Gasteiger partial charge in [0.05, 0.1) is 16.8 Å². The summed E-state index contributed by atoms with van der Waals surface area (Å²) in [7, 11) is 0. The lowest BCUT2D eigenvalue weighted by molar-refractivity contribution is -0.143. The molecule has 1 aromatic rings. The Kier molecular flexibility index (Phi) is 8.07. The number of hydrogen-bond donors (Lipinski definition) is 1. The molecule has 1 aromatic carbocycles. The van der Waals surface area contributed by atoms with E-state index < -0.39 is 35.3 Å². The molecule has 1 atom stereocenters. The third-order valence-electron chi connectivity index (χ3n) is 3.85. The van der Waals surface area contributed by atoms with Gasteiger partial charge in [0.15, 0.2) is 0 Å². The molecule has 0 heterocycles. The van der Waals surface area contributed by atoms with Crippen molar-refractivity contribution in [2.24, 2.45) is 16.8 Å². The number of benzene rings is 1. The van der Waals surface area contributed by atoms with Gasteiger partial charge in [0, 0.05) is 18.3 Å². The highest BCUT2D eigenvalue weighted by Gasteiger charge is 2.37. The SMILES string of the molecule is C=CN(C=C(Br)C(N)=O)N=C(c1cc(C(F)(F)F)cc(C(F)(F)F)c1)C(C)CC. The van der Waals surface area contributed by atoms with Crippen molar-refractivity contribution in [3.8, 4) is 0 Å². The summed E-state index contributed by atoms with van der Waals surface area (Å²) < 4.78 is 78.9. The summed E-state index contributed by atoms with van der Waals surface area (Å²) in [5.41, 5.74) is 1.79. The Morgan fingerprint density at radius 2 is 1.69 bits per heavy atom. The molecule has 0 fully saturated rings. The smallest absolute Gasteiger partial charge is 0.365 e. The maximum Gasteiger partial charge on any atom is 0.416 e. The fraction of sp³-hybridized carbons (Fsp3) is 0.333. The van der Waals surface area contributed by atoms with E-state index in [1.807, 2.05) is 0 Å². The van der Waals surface area contributed by atoms with Crippen molar-refractivity contribution in [1.29, 1.82) is 0 Å². The number of primary amides is 1. The standard InChI is InChI=1S/C18H18BrF6N3O/c1-4-10(3)15(27-28(5-2)9-14(19)16(26)29)11-6-12(17(20,21)22)8-13(7-11)18(23,24)25/h5-10H,2,4H2,1,3H3,(H2,26,29). The number of rotatable bonds is 7. The fourth-order valence-electron chi connectivity index (χ4n) is 2.16. The van der Waals surface area contributed by atoms with Crippen LogP contribution in [0.25, 0.3) is 0 Å². The van der Waals surface area contributed by atoms with Gasteiger partial charge in [0.25, 0.3) is 5.91 Å². The normalized spacial score (nSPS) is 14.5. The molecule has 160 valence electrons. The van der Waals surface area contributed by atoms with Crippen LogP contribution in [0, 0.1) is 5.92 Å². The molecule has 0 bridgehead atoms. The van der Waals surface area contributed by atoms with Crippen LogP contribution < -0.4 is 5.73 Å². The lowest BCUT2D eigenvalue weighted by Gasteiger charge is -2.20. The number of halogens is 7. The van der Waals surface area contributed by atoms with E-state index in [1.54, 1.807) is 13.8 Å². The van der Waals surface area contributed by atoms with E-state index in [0.29, 0.717) is 18.6 Å². The number of nitrogens with zero attached hydrogens (tertiary/aromatic N) is 2. The third kappa shape index (κ3) is 6.91. The predicted octanol–water partition coefficient (Wildman–Crippen LogP) is 5.64. The highest BCUT2D eigenvalue weighted by atomic mass is 79.9. The summed E-state index contributed by atoms with van der Waals surface area (Å²) in [5.74, 6) is -1.36. The Balaban J connectivity index is 3.73. The van der Waals surface area contributed by atoms with Gasteiger partial charge in [-0.2, -0.15) is 31.4 Å². The molecule has 1 unspecified atom stereocenters. The van der Waals surface area contributed by atoms with Gasteiger partial charge in [0.1, 0.15) is 4.48 Å². The van der Waals surface area contributed by atoms with E-state index in [2.05, 4.69) is 27.6 Å². The Hall–Kier alpha value is -2.30. The fourth-order valence-corrected chi connectivity index (χ4v) is 2.37. The van der Waals surface area contributed by atoms with E-state index >= 15 is 0 Å². The molecule has 0 aliphatic heterocycles. The van der Waals surface area contributed by atoms with E-state index in [1.165, 1.54) is 0 Å². The van der Waals surface area contributed by atoms with Crippen molar-refractivity contribution in [1.82, 2.24) is 5.01 Å². The summed E-state index contributed by atoms with van der Waals surface area (Å²) >= 11 is 2.89. The van der Waals surface area contributed by atoms with Crippen molar-refractivity contribution in [3.05, 3.63) is 58.4 Å². The van der Waals surface area contributed by atoms with Crippen LogP contribution in [0.4, 0.5) is 26.3 Å². The van der Waals surface area contributed by atoms with Crippen LogP contribution in [0.15, 0.2) is 46.8 Å². The molecule has 2 N–H and O–H groups in total. The molecular formula is C18H18BrF6N3O. The molecule has 0 aliphatic rings. The molecule has 11 heteroatoms. The van der Waals surface area contributed by atoms with Crippen LogP contribution >= 0.6 is 15.9 Å². The van der Waals surface area contributed by atoms with Crippen LogP contribution in [-0.4, -0.2) is 16.6 Å². The van der Waals surface area contributed by atoms with Crippen molar-refractivity contribution < 1.29 is 31.1 Å². The number of hydrogen-bond acceptors (Lipinski definition) is 3. The topological polar surface area (TPSA) is 58.7 Å². The molecule has 1 amide bonds. The molecule has 0 aromatic heterocycles. The first kappa shape index (κ1) is 24.7. The average molecular weight is 486 g/mol. The van der Waals surface area contributed by atoms with Gasteiger partial charge in [-0.05, 0) is 46.1 Å². The van der Waals surface area contributed by atoms with Crippen LogP contribution in [0.1, 0.15) is 37.0 Å². The number of nitrogens with two attached hydrogens (primary N) is 1. The minimum atomic E-state index is -4.98. The maximum atomic E-state index is 13.2. The molecule has 0 radical (unpaired) electrons. The lowest BCUT2D eigenvalue weighted by Crippen LogP contribution is -2.20. The first-order valence-corrected chi connectivity index (χ1v) is 8.96. The highest BCUT2D eigenvalue weighted by molar-refractivity contribution is 9.12. The largest absolute Gasteiger partial charge is 0.416 e. The molecule has 0 aliphatic carbocycles. The van der Waals surface area contributed by atoms with E-state index in [4.69, 9.17) is 5.73 Å². The minimum absolute atomic E-state index is 0.0482. The average Bonchev–Trinajstić information content (AvgIpc) is 2.62. The second kappa shape index (κ2) is 9.47. The van der Waals surface area contributed by atoms with E-state index in [-0.39, 0.29) is 21.8 Å². The van der Waals surface area contributed by atoms with Gasteiger partial charge >= 0.3 is 12.4 Å². The predicted molar refractivity (Wildman–Crippen MR) is 101 cm³/mol. The summed E-state index contributed by atoms with van der Waals surface area (Å²) in [5, 5.41) is 5.06. The number of amides is 1. The molecule has 0 saturated heterocycles. The number of hydrazone groups is 1. The second-order valence-corrected chi connectivity index (χ2v) is 6.85. The van der Waals surface area contributed by atoms with Gasteiger partial charge in [-0.25, -0.2) is 5.01 Å². The zero-order valence-corrected chi connectivity index (χ0v) is 17.0. The zero-order valence-electron chi connectivity index (χ0n) is 15.4. The van der Waals surface area contributed by atoms with Gasteiger partial charge in [-0.1, -0.05) is 20.4 Å². The van der Waals surface area contributed by atoms with Crippen molar-refractivity contribution in [3.63, 3.8) is 0 Å². The Labute approximate surface area is 171 Å². The lowest BCUT2D eigenvalue weighted by atomic mass is 9.93. The summed E-state index contributed by atoms with van der Waals surface area (Å²) in [4.78, 5) is 11.2. The van der Waals surface area contributed by atoms with Crippen LogP contribution in [0.2, 0.25) is 0 Å². The Morgan fingerprint density at radius 3 is 2.03 bits per heavy atom. The van der Waals surface area contributed by atoms with Gasteiger partial charge in [0.2, 0.25) is 0 Å². The van der Waals surface area contributed by atoms with Gasteiger partial charge in [-0.15, -0.1) is 0 Å². The van der Waals surface area contributed by atoms with Crippen LogP contribution in [0.3, 0.4) is 0 Å². The zero-order chi connectivity index (χ0) is 22.6. The monoisotopic (exact) mass is 485 g/mol. The Morgan fingerprint density at radius 1 is 1.21 bits per heavy atom. The van der Waals surface area contributed by atoms with E-state index in [0.717, 1.165) is 17.4 Å². The number of carbonyl (C=O) groups excluding carboxylic acids is 1. The summed E-state index contributed by atoms with van der Waals surface area (Å²) in [6.45, 7) is 6.76. The van der Waals surface area contributed by atoms with Gasteiger partial charge in [-0.3, -0.25) is 4.79 Å². The molecule has 1 rings (SSSR count). The first-order chi connectivity index (χ1) is 13.2. The quantitative estimate of drug-likeness (QED) is 0.235. The molecule has 4 nitrogen and oxygen atoms in total. The highest BCUT2D eigenvalue weighted by Crippen LogP contribution is 2.37. The van der Waals surface area contributed by atoms with Gasteiger partial charge < -0.3 is 5.73 Å². The minimum Gasteiger partial charge on any atom is -0.365 e. The maximum absolute atomic E-state index is 13.2.